The predicted octanol–water partition coefficient (Wildman–Crippen LogP) is 3.84. The van der Waals surface area contributed by atoms with Crippen LogP contribution in [0.1, 0.15) is 22.8 Å². The molecule has 2 rings (SSSR count). The Hall–Kier alpha value is -2.53. The SMILES string of the molecule is COC(=O)c1ccc(NC(=O)[C@@H](C)Oc2cccc(Cl)c2)c(C)c1. The molecule has 0 saturated heterocycles. The number of carbonyl (C=O) groups is 2. The second-order valence-electron chi connectivity index (χ2n) is 5.23. The summed E-state index contributed by atoms with van der Waals surface area (Å²) in [6.45, 7) is 3.44. The Morgan fingerprint density at radius 1 is 1.17 bits per heavy atom. The molecule has 1 N–H and O–H groups in total. The summed E-state index contributed by atoms with van der Waals surface area (Å²) < 4.78 is 10.2. The van der Waals surface area contributed by atoms with Crippen molar-refractivity contribution in [1.82, 2.24) is 0 Å². The molecule has 0 spiro atoms. The topological polar surface area (TPSA) is 64.6 Å². The molecule has 126 valence electrons. The van der Waals surface area contributed by atoms with Crippen LogP contribution in [-0.4, -0.2) is 25.1 Å². The third kappa shape index (κ3) is 4.49. The molecule has 0 radical (unpaired) electrons. The number of hydrogen-bond acceptors (Lipinski definition) is 4. The molecule has 0 fully saturated rings. The van der Waals surface area contributed by atoms with Crippen LogP contribution in [0.5, 0.6) is 5.75 Å². The van der Waals surface area contributed by atoms with Gasteiger partial charge < -0.3 is 14.8 Å². The lowest BCUT2D eigenvalue weighted by Gasteiger charge is -2.16. The Labute approximate surface area is 145 Å². The molecule has 1 amide bonds. The minimum atomic E-state index is -0.705. The van der Waals surface area contributed by atoms with E-state index in [0.29, 0.717) is 22.0 Å². The van der Waals surface area contributed by atoms with Crippen LogP contribution in [0.4, 0.5) is 5.69 Å². The van der Waals surface area contributed by atoms with Gasteiger partial charge in [-0.05, 0) is 55.8 Å². The van der Waals surface area contributed by atoms with Crippen LogP contribution < -0.4 is 10.1 Å². The van der Waals surface area contributed by atoms with E-state index < -0.39 is 12.1 Å². The second kappa shape index (κ2) is 7.84. The van der Waals surface area contributed by atoms with Crippen molar-refractivity contribution in [1.29, 1.82) is 0 Å². The van der Waals surface area contributed by atoms with Crippen LogP contribution in [0.2, 0.25) is 5.02 Å². The fourth-order valence-corrected chi connectivity index (χ4v) is 2.26. The van der Waals surface area contributed by atoms with Crippen molar-refractivity contribution in [3.8, 4) is 5.75 Å². The number of carbonyl (C=O) groups excluding carboxylic acids is 2. The van der Waals surface area contributed by atoms with Gasteiger partial charge in [-0.2, -0.15) is 0 Å². The smallest absolute Gasteiger partial charge is 0.337 e. The first-order valence-electron chi connectivity index (χ1n) is 7.32. The molecule has 24 heavy (non-hydrogen) atoms. The number of anilines is 1. The molecule has 0 aliphatic heterocycles. The van der Waals surface area contributed by atoms with Gasteiger partial charge in [0.05, 0.1) is 12.7 Å². The summed E-state index contributed by atoms with van der Waals surface area (Å²) in [7, 11) is 1.32. The minimum absolute atomic E-state index is 0.302. The van der Waals surface area contributed by atoms with Gasteiger partial charge in [0.2, 0.25) is 0 Å². The van der Waals surface area contributed by atoms with Gasteiger partial charge in [0.15, 0.2) is 6.10 Å². The second-order valence-corrected chi connectivity index (χ2v) is 5.66. The first kappa shape index (κ1) is 17.8. The summed E-state index contributed by atoms with van der Waals surface area (Å²) in [4.78, 5) is 23.8. The molecular formula is C18H18ClNO4. The Morgan fingerprint density at radius 3 is 2.54 bits per heavy atom. The van der Waals surface area contributed by atoms with E-state index in [2.05, 4.69) is 10.1 Å². The molecule has 5 nitrogen and oxygen atoms in total. The van der Waals surface area contributed by atoms with Crippen molar-refractivity contribution < 1.29 is 19.1 Å². The van der Waals surface area contributed by atoms with Crippen molar-refractivity contribution in [3.63, 3.8) is 0 Å². The lowest BCUT2D eigenvalue weighted by atomic mass is 10.1. The first-order chi connectivity index (χ1) is 11.4. The van der Waals surface area contributed by atoms with Gasteiger partial charge in [-0.1, -0.05) is 17.7 Å². The molecule has 0 heterocycles. The lowest BCUT2D eigenvalue weighted by Crippen LogP contribution is -2.30. The van der Waals surface area contributed by atoms with E-state index in [4.69, 9.17) is 16.3 Å². The van der Waals surface area contributed by atoms with Gasteiger partial charge in [-0.25, -0.2) is 4.79 Å². The van der Waals surface area contributed by atoms with E-state index in [9.17, 15) is 9.59 Å². The van der Waals surface area contributed by atoms with Crippen molar-refractivity contribution >= 4 is 29.2 Å². The Bertz CT molecular complexity index is 760. The largest absolute Gasteiger partial charge is 0.481 e. The maximum Gasteiger partial charge on any atom is 0.337 e. The van der Waals surface area contributed by atoms with Crippen LogP contribution in [0.3, 0.4) is 0 Å². The van der Waals surface area contributed by atoms with Crippen LogP contribution >= 0.6 is 11.6 Å². The highest BCUT2D eigenvalue weighted by Gasteiger charge is 2.16. The highest BCUT2D eigenvalue weighted by Crippen LogP contribution is 2.20. The summed E-state index contributed by atoms with van der Waals surface area (Å²) >= 11 is 5.89. The maximum absolute atomic E-state index is 12.3. The molecule has 0 aliphatic rings. The molecule has 0 unspecified atom stereocenters. The van der Waals surface area contributed by atoms with Crippen molar-refractivity contribution in [2.24, 2.45) is 0 Å². The zero-order valence-electron chi connectivity index (χ0n) is 13.6. The van der Waals surface area contributed by atoms with Gasteiger partial charge in [0.25, 0.3) is 5.91 Å². The van der Waals surface area contributed by atoms with Crippen LogP contribution in [0.25, 0.3) is 0 Å². The monoisotopic (exact) mass is 347 g/mol. The summed E-state index contributed by atoms with van der Waals surface area (Å²) in [5.41, 5.74) is 1.78. The lowest BCUT2D eigenvalue weighted by molar-refractivity contribution is -0.122. The molecule has 2 aromatic rings. The number of halogens is 1. The molecule has 2 aromatic carbocycles. The van der Waals surface area contributed by atoms with Gasteiger partial charge >= 0.3 is 5.97 Å². The van der Waals surface area contributed by atoms with Crippen molar-refractivity contribution in [3.05, 3.63) is 58.6 Å². The minimum Gasteiger partial charge on any atom is -0.481 e. The average molecular weight is 348 g/mol. The number of benzene rings is 2. The third-order valence-corrected chi connectivity index (χ3v) is 3.62. The van der Waals surface area contributed by atoms with Gasteiger partial charge in [0, 0.05) is 10.7 Å². The predicted molar refractivity (Wildman–Crippen MR) is 92.7 cm³/mol. The summed E-state index contributed by atoms with van der Waals surface area (Å²) in [5, 5.41) is 3.32. The van der Waals surface area contributed by atoms with Gasteiger partial charge in [-0.3, -0.25) is 4.79 Å². The van der Waals surface area contributed by atoms with Gasteiger partial charge in [-0.15, -0.1) is 0 Å². The Balaban J connectivity index is 2.04. The van der Waals surface area contributed by atoms with Crippen molar-refractivity contribution in [2.45, 2.75) is 20.0 Å². The fraction of sp³-hybridized carbons (Fsp3) is 0.222. The molecule has 1 atom stereocenters. The number of amides is 1. The zero-order valence-corrected chi connectivity index (χ0v) is 14.4. The summed E-state index contributed by atoms with van der Waals surface area (Å²) in [5.74, 6) is -0.208. The van der Waals surface area contributed by atoms with E-state index >= 15 is 0 Å². The molecule has 0 aliphatic carbocycles. The van der Waals surface area contributed by atoms with Crippen LogP contribution in [0, 0.1) is 6.92 Å². The number of nitrogens with one attached hydrogen (secondary N) is 1. The number of methoxy groups -OCH3 is 1. The van der Waals surface area contributed by atoms with E-state index in [-0.39, 0.29) is 5.91 Å². The molecule has 6 heteroatoms. The zero-order chi connectivity index (χ0) is 17.7. The van der Waals surface area contributed by atoms with Gasteiger partial charge in [0.1, 0.15) is 5.75 Å². The number of rotatable bonds is 5. The standard InChI is InChI=1S/C18H18ClNO4/c1-11-9-13(18(22)23-3)7-8-16(11)20-17(21)12(2)24-15-6-4-5-14(19)10-15/h4-10,12H,1-3H3,(H,20,21)/t12-/m1/s1. The number of hydrogen-bond donors (Lipinski definition) is 1. The van der Waals surface area contributed by atoms with Crippen LogP contribution in [0.15, 0.2) is 42.5 Å². The third-order valence-electron chi connectivity index (χ3n) is 3.38. The van der Waals surface area contributed by atoms with Crippen LogP contribution in [-0.2, 0) is 9.53 Å². The Morgan fingerprint density at radius 2 is 1.92 bits per heavy atom. The normalized spacial score (nSPS) is 11.5. The van der Waals surface area contributed by atoms with E-state index in [0.717, 1.165) is 5.56 Å². The average Bonchev–Trinajstić information content (AvgIpc) is 2.55. The van der Waals surface area contributed by atoms with E-state index in [1.165, 1.54) is 7.11 Å². The van der Waals surface area contributed by atoms with Crippen molar-refractivity contribution in [2.75, 3.05) is 12.4 Å². The maximum atomic E-state index is 12.3. The summed E-state index contributed by atoms with van der Waals surface area (Å²) in [6.07, 6.45) is -0.705. The number of aryl methyl sites for hydroxylation is 1. The highest BCUT2D eigenvalue weighted by molar-refractivity contribution is 6.30. The number of ether oxygens (including phenoxy) is 2. The highest BCUT2D eigenvalue weighted by atomic mass is 35.5. The molecule has 0 aromatic heterocycles. The Kier molecular flexibility index (Phi) is 5.82. The number of esters is 1. The molecule has 0 bridgehead atoms. The first-order valence-corrected chi connectivity index (χ1v) is 7.70. The van der Waals surface area contributed by atoms with E-state index in [1.54, 1.807) is 56.3 Å². The van der Waals surface area contributed by atoms with E-state index in [1.807, 2.05) is 0 Å². The summed E-state index contributed by atoms with van der Waals surface area (Å²) in [6, 6.07) is 11.8. The quantitative estimate of drug-likeness (QED) is 0.834. The molecular weight excluding hydrogens is 330 g/mol. The molecule has 0 saturated carbocycles. The fourth-order valence-electron chi connectivity index (χ4n) is 2.08.